The summed E-state index contributed by atoms with van der Waals surface area (Å²) in [5.41, 5.74) is 1.39. The van der Waals surface area contributed by atoms with Crippen LogP contribution in [0.15, 0.2) is 35.3 Å². The summed E-state index contributed by atoms with van der Waals surface area (Å²) in [5, 5.41) is 7.08. The molecular formula is C24H42N6. The molecule has 0 saturated carbocycles. The number of nitrogens with zero attached hydrogens (tertiary/aromatic N) is 4. The van der Waals surface area contributed by atoms with E-state index in [1.807, 2.05) is 0 Å². The summed E-state index contributed by atoms with van der Waals surface area (Å²) in [4.78, 5) is 12.5. The van der Waals surface area contributed by atoms with Crippen LogP contribution < -0.4 is 10.6 Å². The molecule has 30 heavy (non-hydrogen) atoms. The van der Waals surface area contributed by atoms with Gasteiger partial charge in [-0.3, -0.25) is 9.89 Å². The number of guanidine groups is 1. The van der Waals surface area contributed by atoms with Crippen molar-refractivity contribution in [3.05, 3.63) is 35.9 Å². The normalized spacial score (nSPS) is 21.5. The van der Waals surface area contributed by atoms with Crippen LogP contribution in [-0.2, 0) is 0 Å². The Labute approximate surface area is 183 Å². The first kappa shape index (κ1) is 23.0. The van der Waals surface area contributed by atoms with E-state index in [-0.39, 0.29) is 0 Å². The van der Waals surface area contributed by atoms with Crippen LogP contribution in [-0.4, -0.2) is 93.2 Å². The molecule has 168 valence electrons. The fourth-order valence-corrected chi connectivity index (χ4v) is 4.50. The topological polar surface area (TPSA) is 46.1 Å². The van der Waals surface area contributed by atoms with E-state index in [9.17, 15) is 0 Å². The zero-order valence-electron chi connectivity index (χ0n) is 19.3. The average Bonchev–Trinajstić information content (AvgIpc) is 3.29. The van der Waals surface area contributed by atoms with Gasteiger partial charge in [0.2, 0.25) is 0 Å². The molecule has 2 saturated heterocycles. The van der Waals surface area contributed by atoms with Crippen LogP contribution >= 0.6 is 0 Å². The number of nitrogens with one attached hydrogen (secondary N) is 2. The molecule has 2 heterocycles. The number of benzene rings is 1. The van der Waals surface area contributed by atoms with E-state index < -0.39 is 0 Å². The molecule has 6 nitrogen and oxygen atoms in total. The summed E-state index contributed by atoms with van der Waals surface area (Å²) in [6.45, 7) is 15.3. The number of likely N-dealkylation sites (tertiary alicyclic amines) is 1. The van der Waals surface area contributed by atoms with E-state index in [0.717, 1.165) is 32.1 Å². The Morgan fingerprint density at radius 2 is 1.70 bits per heavy atom. The predicted molar refractivity (Wildman–Crippen MR) is 127 cm³/mol. The minimum absolute atomic E-state index is 0.403. The van der Waals surface area contributed by atoms with Crippen LogP contribution in [0.25, 0.3) is 0 Å². The lowest BCUT2D eigenvalue weighted by Gasteiger charge is -2.33. The number of likely N-dealkylation sites (N-methyl/N-ethyl adjacent to an activating group) is 1. The Balaban J connectivity index is 1.53. The van der Waals surface area contributed by atoms with Crippen LogP contribution in [0.3, 0.4) is 0 Å². The summed E-state index contributed by atoms with van der Waals surface area (Å²) in [6, 6.07) is 11.3. The van der Waals surface area contributed by atoms with Crippen molar-refractivity contribution in [2.45, 2.75) is 32.7 Å². The fourth-order valence-electron chi connectivity index (χ4n) is 4.50. The van der Waals surface area contributed by atoms with Gasteiger partial charge in [0.25, 0.3) is 0 Å². The van der Waals surface area contributed by atoms with Crippen LogP contribution in [0.5, 0.6) is 0 Å². The van der Waals surface area contributed by atoms with Crippen molar-refractivity contribution >= 4 is 5.96 Å². The highest BCUT2D eigenvalue weighted by Gasteiger charge is 2.23. The van der Waals surface area contributed by atoms with E-state index in [4.69, 9.17) is 4.99 Å². The number of aliphatic imine (C=N–C) groups is 1. The van der Waals surface area contributed by atoms with Gasteiger partial charge < -0.3 is 20.4 Å². The summed E-state index contributed by atoms with van der Waals surface area (Å²) >= 11 is 0. The van der Waals surface area contributed by atoms with Gasteiger partial charge in [0, 0.05) is 52.4 Å². The lowest BCUT2D eigenvalue weighted by atomic mass is 10.1. The average molecular weight is 415 g/mol. The quantitative estimate of drug-likeness (QED) is 0.479. The second kappa shape index (κ2) is 12.3. The van der Waals surface area contributed by atoms with Gasteiger partial charge >= 0.3 is 0 Å². The van der Waals surface area contributed by atoms with Crippen molar-refractivity contribution in [2.24, 2.45) is 10.9 Å². The zero-order valence-corrected chi connectivity index (χ0v) is 19.3. The molecule has 0 aliphatic carbocycles. The van der Waals surface area contributed by atoms with Gasteiger partial charge in [-0.15, -0.1) is 0 Å². The lowest BCUT2D eigenvalue weighted by molar-refractivity contribution is 0.140. The van der Waals surface area contributed by atoms with Crippen molar-refractivity contribution in [2.75, 3.05) is 72.5 Å². The van der Waals surface area contributed by atoms with Crippen molar-refractivity contribution in [1.29, 1.82) is 0 Å². The third-order valence-electron chi connectivity index (χ3n) is 6.30. The SMILES string of the molecule is CCNC(=NCC(C)CN1CCN(C)CC1)NCC(c1ccccc1)N1CCCC1. The summed E-state index contributed by atoms with van der Waals surface area (Å²) in [6.07, 6.45) is 2.61. The predicted octanol–water partition coefficient (Wildman–Crippen LogP) is 2.26. The first-order valence-corrected chi connectivity index (χ1v) is 11.9. The molecule has 2 aliphatic rings. The highest BCUT2D eigenvalue weighted by molar-refractivity contribution is 5.79. The Bertz CT molecular complexity index is 620. The molecule has 1 aromatic rings. The number of piperazine rings is 1. The number of rotatable bonds is 9. The van der Waals surface area contributed by atoms with E-state index >= 15 is 0 Å². The van der Waals surface area contributed by atoms with Crippen LogP contribution in [0.4, 0.5) is 0 Å². The Morgan fingerprint density at radius 3 is 2.37 bits per heavy atom. The largest absolute Gasteiger partial charge is 0.357 e. The second-order valence-electron chi connectivity index (χ2n) is 8.98. The van der Waals surface area contributed by atoms with Crippen molar-refractivity contribution in [3.63, 3.8) is 0 Å². The Morgan fingerprint density at radius 1 is 1.00 bits per heavy atom. The molecule has 6 heteroatoms. The monoisotopic (exact) mass is 414 g/mol. The Hall–Kier alpha value is -1.63. The van der Waals surface area contributed by atoms with Crippen molar-refractivity contribution in [1.82, 2.24) is 25.3 Å². The molecule has 1 aromatic carbocycles. The molecular weight excluding hydrogens is 372 g/mol. The lowest BCUT2D eigenvalue weighted by Crippen LogP contribution is -2.46. The molecule has 0 amide bonds. The number of hydrogen-bond donors (Lipinski definition) is 2. The summed E-state index contributed by atoms with van der Waals surface area (Å²) in [7, 11) is 2.21. The van der Waals surface area contributed by atoms with E-state index in [0.29, 0.717) is 12.0 Å². The van der Waals surface area contributed by atoms with Gasteiger partial charge in [0.1, 0.15) is 0 Å². The molecule has 2 atom stereocenters. The van der Waals surface area contributed by atoms with Gasteiger partial charge in [0.05, 0.1) is 6.04 Å². The van der Waals surface area contributed by atoms with Crippen LogP contribution in [0, 0.1) is 5.92 Å². The molecule has 0 radical (unpaired) electrons. The maximum atomic E-state index is 4.92. The van der Waals surface area contributed by atoms with Crippen molar-refractivity contribution < 1.29 is 0 Å². The molecule has 2 unspecified atom stereocenters. The van der Waals surface area contributed by atoms with E-state index in [2.05, 4.69) is 76.6 Å². The standard InChI is InChI=1S/C24H42N6/c1-4-25-24(26-18-21(2)20-29-16-14-28(3)15-17-29)27-19-23(30-12-8-9-13-30)22-10-6-5-7-11-22/h5-7,10-11,21,23H,4,8-9,12-20H2,1-3H3,(H2,25,26,27). The van der Waals surface area contributed by atoms with Crippen molar-refractivity contribution in [3.8, 4) is 0 Å². The molecule has 3 rings (SSSR count). The third kappa shape index (κ3) is 7.25. The highest BCUT2D eigenvalue weighted by atomic mass is 15.3. The van der Waals surface area contributed by atoms with Crippen LogP contribution in [0.1, 0.15) is 38.3 Å². The summed E-state index contributed by atoms with van der Waals surface area (Å²) in [5.74, 6) is 1.51. The maximum Gasteiger partial charge on any atom is 0.191 e. The van der Waals surface area contributed by atoms with E-state index in [1.54, 1.807) is 0 Å². The fraction of sp³-hybridized carbons (Fsp3) is 0.708. The third-order valence-corrected chi connectivity index (χ3v) is 6.30. The highest BCUT2D eigenvalue weighted by Crippen LogP contribution is 2.24. The maximum absolute atomic E-state index is 4.92. The van der Waals surface area contributed by atoms with Gasteiger partial charge in [-0.25, -0.2) is 0 Å². The number of hydrogen-bond acceptors (Lipinski definition) is 4. The first-order valence-electron chi connectivity index (χ1n) is 11.9. The summed E-state index contributed by atoms with van der Waals surface area (Å²) < 4.78 is 0. The molecule has 0 bridgehead atoms. The molecule has 0 spiro atoms. The molecule has 2 fully saturated rings. The minimum atomic E-state index is 0.403. The van der Waals surface area contributed by atoms with Gasteiger partial charge in [0.15, 0.2) is 5.96 Å². The van der Waals surface area contributed by atoms with Gasteiger partial charge in [-0.2, -0.15) is 0 Å². The molecule has 0 aromatic heterocycles. The van der Waals surface area contributed by atoms with Crippen LogP contribution in [0.2, 0.25) is 0 Å². The zero-order chi connectivity index (χ0) is 21.2. The second-order valence-corrected chi connectivity index (χ2v) is 8.98. The van der Waals surface area contributed by atoms with Gasteiger partial charge in [-0.1, -0.05) is 37.3 Å². The molecule has 2 aliphatic heterocycles. The molecule has 2 N–H and O–H groups in total. The first-order chi connectivity index (χ1) is 14.7. The van der Waals surface area contributed by atoms with Gasteiger partial charge in [-0.05, 0) is 51.4 Å². The Kier molecular flexibility index (Phi) is 9.43. The smallest absolute Gasteiger partial charge is 0.191 e. The van der Waals surface area contributed by atoms with E-state index in [1.165, 1.54) is 57.7 Å². The minimum Gasteiger partial charge on any atom is -0.357 e.